The smallest absolute Gasteiger partial charge is 0.320 e. The number of likely N-dealkylation sites (tertiary alicyclic amines) is 1. The van der Waals surface area contributed by atoms with Crippen LogP contribution in [0, 0.1) is 6.92 Å². The summed E-state index contributed by atoms with van der Waals surface area (Å²) in [6.45, 7) is 7.75. The molecule has 0 unspecified atom stereocenters. The first-order valence-corrected chi connectivity index (χ1v) is 12.3. The first kappa shape index (κ1) is 24.0. The number of hydrogen-bond donors (Lipinski definition) is 2. The number of rotatable bonds is 9. The Labute approximate surface area is 204 Å². The first-order chi connectivity index (χ1) is 16.4. The molecule has 9 nitrogen and oxygen atoms in total. The van der Waals surface area contributed by atoms with Crippen molar-refractivity contribution < 1.29 is 14.2 Å². The molecule has 4 N–H and O–H groups in total. The zero-order chi connectivity index (χ0) is 24.1. The predicted molar refractivity (Wildman–Crippen MR) is 135 cm³/mol. The number of nitrogen functional groups attached to an aromatic ring is 2. The van der Waals surface area contributed by atoms with Gasteiger partial charge in [0, 0.05) is 23.1 Å². The van der Waals surface area contributed by atoms with Gasteiger partial charge in [-0.2, -0.15) is 9.97 Å². The molecule has 4 rings (SSSR count). The fourth-order valence-electron chi connectivity index (χ4n) is 4.03. The number of thiazole rings is 1. The van der Waals surface area contributed by atoms with Crippen LogP contribution in [-0.2, 0) is 0 Å². The lowest BCUT2D eigenvalue weighted by Crippen LogP contribution is -2.33. The lowest BCUT2D eigenvalue weighted by Gasteiger charge is -2.26. The molecule has 0 aliphatic carbocycles. The van der Waals surface area contributed by atoms with E-state index in [-0.39, 0.29) is 23.8 Å². The molecule has 1 saturated heterocycles. The van der Waals surface area contributed by atoms with Crippen LogP contribution in [0.5, 0.6) is 17.5 Å². The Morgan fingerprint density at radius 2 is 1.76 bits per heavy atom. The first-order valence-electron chi connectivity index (χ1n) is 11.5. The minimum Gasteiger partial charge on any atom is -0.493 e. The van der Waals surface area contributed by atoms with E-state index in [1.807, 2.05) is 32.0 Å². The summed E-state index contributed by atoms with van der Waals surface area (Å²) in [5.41, 5.74) is 13.3. The molecule has 3 aromatic rings. The summed E-state index contributed by atoms with van der Waals surface area (Å²) in [4.78, 5) is 16.5. The minimum atomic E-state index is -0.371. The van der Waals surface area contributed by atoms with E-state index in [1.165, 1.54) is 25.3 Å². The van der Waals surface area contributed by atoms with Crippen molar-refractivity contribution in [2.75, 3.05) is 44.8 Å². The van der Waals surface area contributed by atoms with Crippen molar-refractivity contribution >= 4 is 23.0 Å². The summed E-state index contributed by atoms with van der Waals surface area (Å²) >= 11 is 1.60. The summed E-state index contributed by atoms with van der Waals surface area (Å²) in [6.07, 6.45) is 3.49. The third kappa shape index (κ3) is 5.87. The topological polar surface area (TPSA) is 122 Å². The summed E-state index contributed by atoms with van der Waals surface area (Å²) in [5, 5.41) is 0.875. The lowest BCUT2D eigenvalue weighted by atomic mass is 10.1. The number of aromatic nitrogens is 3. The molecule has 182 valence electrons. The van der Waals surface area contributed by atoms with Crippen molar-refractivity contribution in [2.45, 2.75) is 39.2 Å². The zero-order valence-electron chi connectivity index (χ0n) is 19.9. The number of nitrogens with two attached hydrogens (primary N) is 2. The van der Waals surface area contributed by atoms with Crippen molar-refractivity contribution in [3.05, 3.63) is 34.8 Å². The van der Waals surface area contributed by atoms with Gasteiger partial charge in [-0.15, -0.1) is 11.3 Å². The monoisotopic (exact) mass is 484 g/mol. The van der Waals surface area contributed by atoms with Crippen LogP contribution in [0.4, 0.5) is 11.6 Å². The van der Waals surface area contributed by atoms with E-state index in [2.05, 4.69) is 14.9 Å². The average molecular weight is 485 g/mol. The molecular formula is C24H32N6O3S. The van der Waals surface area contributed by atoms with Crippen LogP contribution in [0.2, 0.25) is 0 Å². The van der Waals surface area contributed by atoms with Gasteiger partial charge in [-0.05, 0) is 58.0 Å². The molecular weight excluding hydrogens is 452 g/mol. The normalized spacial score (nSPS) is 15.1. The highest BCUT2D eigenvalue weighted by Gasteiger charge is 2.19. The van der Waals surface area contributed by atoms with Crippen LogP contribution in [0.1, 0.15) is 42.9 Å². The number of nitrogens with zero attached hydrogens (tertiary/aromatic N) is 4. The Kier molecular flexibility index (Phi) is 7.69. The lowest BCUT2D eigenvalue weighted by molar-refractivity contribution is 0.180. The Morgan fingerprint density at radius 3 is 2.47 bits per heavy atom. The highest BCUT2D eigenvalue weighted by molar-refractivity contribution is 7.15. The number of benzene rings is 1. The summed E-state index contributed by atoms with van der Waals surface area (Å²) in [5.74, 6) is 1.95. The van der Waals surface area contributed by atoms with E-state index in [0.29, 0.717) is 12.4 Å². The van der Waals surface area contributed by atoms with Gasteiger partial charge >= 0.3 is 6.01 Å². The molecule has 0 radical (unpaired) electrons. The maximum Gasteiger partial charge on any atom is 0.320 e. The standard InChI is InChI=1S/C24H32N6O3S/c1-15(33-24-27-20(25)14-21(26)28-24)22-16(2)34-23(29-22)17-7-8-18(31-3)19(13-17)32-12-11-30-9-5-4-6-10-30/h7-8,13-15H,4-6,9-12H2,1-3H3,(H4,25,26,27,28)/t15-/m1/s1. The van der Waals surface area contributed by atoms with Crippen molar-refractivity contribution in [3.8, 4) is 28.1 Å². The van der Waals surface area contributed by atoms with E-state index < -0.39 is 0 Å². The third-order valence-electron chi connectivity index (χ3n) is 5.77. The second-order valence-corrected chi connectivity index (χ2v) is 9.54. The average Bonchev–Trinajstić information content (AvgIpc) is 3.21. The number of aryl methyl sites for hydroxylation is 1. The summed E-state index contributed by atoms with van der Waals surface area (Å²) in [7, 11) is 1.66. The van der Waals surface area contributed by atoms with Crippen molar-refractivity contribution in [3.63, 3.8) is 0 Å². The molecule has 10 heteroatoms. The highest BCUT2D eigenvalue weighted by atomic mass is 32.1. The van der Waals surface area contributed by atoms with Crippen molar-refractivity contribution in [2.24, 2.45) is 0 Å². The summed E-state index contributed by atoms with van der Waals surface area (Å²) < 4.78 is 17.5. The molecule has 0 saturated carbocycles. The Morgan fingerprint density at radius 1 is 1.03 bits per heavy atom. The molecule has 2 aromatic heterocycles. The maximum absolute atomic E-state index is 6.12. The Balaban J connectivity index is 1.48. The van der Waals surface area contributed by atoms with E-state index in [0.717, 1.165) is 46.5 Å². The second kappa shape index (κ2) is 10.9. The highest BCUT2D eigenvalue weighted by Crippen LogP contribution is 2.37. The number of piperidine rings is 1. The number of hydrogen-bond acceptors (Lipinski definition) is 10. The van der Waals surface area contributed by atoms with Crippen LogP contribution >= 0.6 is 11.3 Å². The molecule has 1 atom stereocenters. The van der Waals surface area contributed by atoms with Crippen LogP contribution in [0.3, 0.4) is 0 Å². The van der Waals surface area contributed by atoms with Crippen molar-refractivity contribution in [1.29, 1.82) is 0 Å². The van der Waals surface area contributed by atoms with Crippen LogP contribution < -0.4 is 25.7 Å². The van der Waals surface area contributed by atoms with Crippen LogP contribution in [0.25, 0.3) is 10.6 Å². The summed E-state index contributed by atoms with van der Waals surface area (Å²) in [6, 6.07) is 7.52. The van der Waals surface area contributed by atoms with E-state index in [4.69, 9.17) is 30.7 Å². The van der Waals surface area contributed by atoms with Gasteiger partial charge in [-0.1, -0.05) is 6.42 Å². The van der Waals surface area contributed by atoms with Gasteiger partial charge in [0.2, 0.25) is 0 Å². The van der Waals surface area contributed by atoms with Crippen LogP contribution in [0.15, 0.2) is 24.3 Å². The van der Waals surface area contributed by atoms with Gasteiger partial charge < -0.3 is 25.7 Å². The quantitative estimate of drug-likeness (QED) is 0.462. The van der Waals surface area contributed by atoms with Gasteiger partial charge in [0.25, 0.3) is 0 Å². The molecule has 1 aliphatic heterocycles. The van der Waals surface area contributed by atoms with Gasteiger partial charge in [0.1, 0.15) is 29.4 Å². The number of anilines is 2. The van der Waals surface area contributed by atoms with E-state index in [1.54, 1.807) is 18.4 Å². The molecule has 34 heavy (non-hydrogen) atoms. The maximum atomic E-state index is 6.12. The van der Waals surface area contributed by atoms with E-state index >= 15 is 0 Å². The Bertz CT molecular complexity index is 1100. The third-order valence-corrected chi connectivity index (χ3v) is 6.80. The fourth-order valence-corrected chi connectivity index (χ4v) is 5.02. The van der Waals surface area contributed by atoms with Crippen LogP contribution in [-0.4, -0.2) is 53.2 Å². The molecule has 0 spiro atoms. The minimum absolute atomic E-state index is 0.132. The molecule has 3 heterocycles. The number of ether oxygens (including phenoxy) is 3. The van der Waals surface area contributed by atoms with Crippen molar-refractivity contribution in [1.82, 2.24) is 19.9 Å². The van der Waals surface area contributed by atoms with E-state index in [9.17, 15) is 0 Å². The zero-order valence-corrected chi connectivity index (χ0v) is 20.7. The largest absolute Gasteiger partial charge is 0.493 e. The van der Waals surface area contributed by atoms with Gasteiger partial charge in [-0.3, -0.25) is 4.90 Å². The molecule has 0 amide bonds. The molecule has 1 fully saturated rings. The van der Waals surface area contributed by atoms with Gasteiger partial charge in [0.15, 0.2) is 11.5 Å². The molecule has 0 bridgehead atoms. The second-order valence-electron chi connectivity index (χ2n) is 8.34. The molecule has 1 aromatic carbocycles. The number of methoxy groups -OCH3 is 1. The fraction of sp³-hybridized carbons (Fsp3) is 0.458. The molecule has 1 aliphatic rings. The SMILES string of the molecule is COc1ccc(-c2nc([C@@H](C)Oc3nc(N)cc(N)n3)c(C)s2)cc1OCCN1CCCCC1. The predicted octanol–water partition coefficient (Wildman–Crippen LogP) is 4.09. The Hall–Kier alpha value is -3.11. The van der Waals surface area contributed by atoms with Gasteiger partial charge in [0.05, 0.1) is 12.8 Å². The van der Waals surface area contributed by atoms with Gasteiger partial charge in [-0.25, -0.2) is 4.98 Å².